The van der Waals surface area contributed by atoms with Gasteiger partial charge in [0.1, 0.15) is 5.54 Å². The highest BCUT2D eigenvalue weighted by Gasteiger charge is 2.44. The fraction of sp³-hybridized carbons (Fsp3) is 0.467. The fourth-order valence-corrected chi connectivity index (χ4v) is 3.29. The lowest BCUT2D eigenvalue weighted by Gasteiger charge is -2.41. The minimum Gasteiger partial charge on any atom is -0.480 e. The second kappa shape index (κ2) is 5.56. The minimum atomic E-state index is -1.11. The summed E-state index contributed by atoms with van der Waals surface area (Å²) in [6.07, 6.45) is 2.19. The van der Waals surface area contributed by atoms with Gasteiger partial charge in [-0.2, -0.15) is 0 Å². The summed E-state index contributed by atoms with van der Waals surface area (Å²) < 4.78 is 0.829. The molecule has 0 aliphatic carbocycles. The second-order valence-corrected chi connectivity index (χ2v) is 6.43. The lowest BCUT2D eigenvalue weighted by molar-refractivity contribution is -0.150. The van der Waals surface area contributed by atoms with Crippen molar-refractivity contribution in [2.45, 2.75) is 38.6 Å². The van der Waals surface area contributed by atoms with Crippen LogP contribution in [0.5, 0.6) is 0 Å². The highest BCUT2D eigenvalue weighted by molar-refractivity contribution is 9.10. The molecule has 108 valence electrons. The molecule has 5 heteroatoms. The van der Waals surface area contributed by atoms with Crippen molar-refractivity contribution in [3.8, 4) is 0 Å². The summed E-state index contributed by atoms with van der Waals surface area (Å²) in [7, 11) is 0. The molecule has 1 aliphatic rings. The average molecular weight is 340 g/mol. The molecule has 2 rings (SSSR count). The average Bonchev–Trinajstić information content (AvgIpc) is 2.37. The van der Waals surface area contributed by atoms with Gasteiger partial charge in [0, 0.05) is 16.6 Å². The summed E-state index contributed by atoms with van der Waals surface area (Å²) in [6, 6.07) is 5.46. The number of aryl methyl sites for hydroxylation is 1. The Morgan fingerprint density at radius 1 is 1.30 bits per heavy atom. The van der Waals surface area contributed by atoms with Crippen LogP contribution in [-0.4, -0.2) is 34.0 Å². The first kappa shape index (κ1) is 15.0. The van der Waals surface area contributed by atoms with E-state index < -0.39 is 11.5 Å². The number of carbonyl (C=O) groups is 2. The van der Waals surface area contributed by atoms with Crippen molar-refractivity contribution in [1.29, 1.82) is 0 Å². The van der Waals surface area contributed by atoms with E-state index >= 15 is 0 Å². The van der Waals surface area contributed by atoms with Gasteiger partial charge >= 0.3 is 5.97 Å². The molecule has 1 amide bonds. The first-order valence-electron chi connectivity index (χ1n) is 6.67. The van der Waals surface area contributed by atoms with Crippen LogP contribution in [0.4, 0.5) is 0 Å². The van der Waals surface area contributed by atoms with Crippen LogP contribution < -0.4 is 0 Å². The van der Waals surface area contributed by atoms with E-state index in [2.05, 4.69) is 15.9 Å². The summed E-state index contributed by atoms with van der Waals surface area (Å²) in [6.45, 7) is 4.04. The smallest absolute Gasteiger partial charge is 0.329 e. The Morgan fingerprint density at radius 3 is 2.60 bits per heavy atom. The zero-order valence-electron chi connectivity index (χ0n) is 11.6. The SMILES string of the molecule is Cc1cc(Br)cc(C(=O)N2CCCCC2(C)C(=O)O)c1. The van der Waals surface area contributed by atoms with Gasteiger partial charge in [-0.05, 0) is 56.9 Å². The first-order valence-corrected chi connectivity index (χ1v) is 7.46. The maximum Gasteiger partial charge on any atom is 0.329 e. The van der Waals surface area contributed by atoms with Gasteiger partial charge in [0.25, 0.3) is 5.91 Å². The van der Waals surface area contributed by atoms with Crippen LogP contribution in [0.15, 0.2) is 22.7 Å². The van der Waals surface area contributed by atoms with E-state index in [4.69, 9.17) is 0 Å². The third kappa shape index (κ3) is 2.73. The number of carboxylic acid groups (broad SMARTS) is 1. The molecule has 1 aliphatic heterocycles. The predicted octanol–water partition coefficient (Wildman–Crippen LogP) is 3.23. The molecule has 0 aromatic heterocycles. The van der Waals surface area contributed by atoms with E-state index in [1.807, 2.05) is 13.0 Å². The molecule has 20 heavy (non-hydrogen) atoms. The van der Waals surface area contributed by atoms with Crippen molar-refractivity contribution in [3.05, 3.63) is 33.8 Å². The fourth-order valence-electron chi connectivity index (χ4n) is 2.68. The summed E-state index contributed by atoms with van der Waals surface area (Å²) in [4.78, 5) is 25.7. The first-order chi connectivity index (χ1) is 9.34. The molecule has 1 aromatic carbocycles. The summed E-state index contributed by atoms with van der Waals surface area (Å²) in [5.74, 6) is -1.14. The molecule has 1 fully saturated rings. The molecule has 0 spiro atoms. The van der Waals surface area contributed by atoms with E-state index in [1.165, 1.54) is 4.90 Å². The van der Waals surface area contributed by atoms with Gasteiger partial charge in [0.05, 0.1) is 0 Å². The maximum absolute atomic E-state index is 12.7. The molecule has 4 nitrogen and oxygen atoms in total. The molecule has 1 heterocycles. The Bertz CT molecular complexity index is 538. The van der Waals surface area contributed by atoms with E-state index in [0.29, 0.717) is 18.5 Å². The molecule has 0 radical (unpaired) electrons. The standard InChI is InChI=1S/C15H18BrNO3/c1-10-7-11(9-12(16)8-10)13(18)17-6-4-3-5-15(17,2)14(19)20/h7-9H,3-6H2,1-2H3,(H,19,20). The van der Waals surface area contributed by atoms with Crippen LogP contribution in [0.2, 0.25) is 0 Å². The van der Waals surface area contributed by atoms with Crippen molar-refractivity contribution in [2.24, 2.45) is 0 Å². The van der Waals surface area contributed by atoms with E-state index in [1.54, 1.807) is 19.1 Å². The number of likely N-dealkylation sites (tertiary alicyclic amines) is 1. The Hall–Kier alpha value is -1.36. The Morgan fingerprint density at radius 2 is 2.00 bits per heavy atom. The summed E-state index contributed by atoms with van der Waals surface area (Å²) in [5.41, 5.74) is 0.397. The number of piperidine rings is 1. The molecular weight excluding hydrogens is 322 g/mol. The zero-order chi connectivity index (χ0) is 14.9. The number of nitrogens with zero attached hydrogens (tertiary/aromatic N) is 1. The van der Waals surface area contributed by atoms with Crippen LogP contribution in [0.3, 0.4) is 0 Å². The second-order valence-electron chi connectivity index (χ2n) is 5.51. The third-order valence-electron chi connectivity index (χ3n) is 3.89. The number of amides is 1. The van der Waals surface area contributed by atoms with Crippen molar-refractivity contribution >= 4 is 27.8 Å². The topological polar surface area (TPSA) is 57.6 Å². The monoisotopic (exact) mass is 339 g/mol. The number of carboxylic acids is 1. The van der Waals surface area contributed by atoms with Crippen molar-refractivity contribution in [1.82, 2.24) is 4.90 Å². The number of carbonyl (C=O) groups excluding carboxylic acids is 1. The predicted molar refractivity (Wildman–Crippen MR) is 79.8 cm³/mol. The Balaban J connectivity index is 2.37. The normalized spacial score (nSPS) is 22.6. The van der Waals surface area contributed by atoms with Gasteiger partial charge in [-0.1, -0.05) is 15.9 Å². The Kier molecular flexibility index (Phi) is 4.18. The van der Waals surface area contributed by atoms with Crippen LogP contribution in [0.25, 0.3) is 0 Å². The van der Waals surface area contributed by atoms with Gasteiger partial charge in [-0.25, -0.2) is 4.79 Å². The Labute approximate surface area is 126 Å². The van der Waals surface area contributed by atoms with Crippen molar-refractivity contribution in [2.75, 3.05) is 6.54 Å². The van der Waals surface area contributed by atoms with Gasteiger partial charge < -0.3 is 10.0 Å². The number of benzene rings is 1. The maximum atomic E-state index is 12.7. The molecule has 1 saturated heterocycles. The highest BCUT2D eigenvalue weighted by Crippen LogP contribution is 2.30. The molecule has 0 bridgehead atoms. The van der Waals surface area contributed by atoms with Crippen LogP contribution in [0.1, 0.15) is 42.1 Å². The number of hydrogen-bond donors (Lipinski definition) is 1. The number of rotatable bonds is 2. The highest BCUT2D eigenvalue weighted by atomic mass is 79.9. The number of aliphatic carboxylic acids is 1. The van der Waals surface area contributed by atoms with Crippen LogP contribution in [0, 0.1) is 6.92 Å². The van der Waals surface area contributed by atoms with Crippen LogP contribution >= 0.6 is 15.9 Å². The van der Waals surface area contributed by atoms with E-state index in [-0.39, 0.29) is 5.91 Å². The van der Waals surface area contributed by atoms with E-state index in [0.717, 1.165) is 22.9 Å². The summed E-state index contributed by atoms with van der Waals surface area (Å²) in [5, 5.41) is 9.47. The molecule has 1 unspecified atom stereocenters. The van der Waals surface area contributed by atoms with Crippen molar-refractivity contribution in [3.63, 3.8) is 0 Å². The molecule has 0 saturated carbocycles. The van der Waals surface area contributed by atoms with Crippen LogP contribution in [-0.2, 0) is 4.79 Å². The van der Waals surface area contributed by atoms with Gasteiger partial charge in [-0.15, -0.1) is 0 Å². The minimum absolute atomic E-state index is 0.209. The van der Waals surface area contributed by atoms with Gasteiger partial charge in [-0.3, -0.25) is 4.79 Å². The molecule has 1 N–H and O–H groups in total. The zero-order valence-corrected chi connectivity index (χ0v) is 13.2. The molecular formula is C15H18BrNO3. The third-order valence-corrected chi connectivity index (χ3v) is 4.34. The van der Waals surface area contributed by atoms with E-state index in [9.17, 15) is 14.7 Å². The number of hydrogen-bond acceptors (Lipinski definition) is 2. The van der Waals surface area contributed by atoms with Gasteiger partial charge in [0.2, 0.25) is 0 Å². The largest absolute Gasteiger partial charge is 0.480 e. The quantitative estimate of drug-likeness (QED) is 0.899. The molecule has 1 atom stereocenters. The lowest BCUT2D eigenvalue weighted by Crippen LogP contribution is -2.57. The summed E-state index contributed by atoms with van der Waals surface area (Å²) >= 11 is 3.38. The lowest BCUT2D eigenvalue weighted by atomic mass is 9.87. The van der Waals surface area contributed by atoms with Crippen molar-refractivity contribution < 1.29 is 14.7 Å². The van der Waals surface area contributed by atoms with Gasteiger partial charge in [0.15, 0.2) is 0 Å². The number of halogens is 1. The molecule has 1 aromatic rings.